The zero-order chi connectivity index (χ0) is 27.6. The molecule has 2 aliphatic rings. The van der Waals surface area contributed by atoms with E-state index in [1.807, 2.05) is 42.5 Å². The molecule has 2 heterocycles. The van der Waals surface area contributed by atoms with Crippen LogP contribution in [0.3, 0.4) is 0 Å². The molecule has 0 radical (unpaired) electrons. The number of rotatable bonds is 12. The maximum atomic E-state index is 12.4. The molecular formula is C29H39N3O7. The van der Waals surface area contributed by atoms with Crippen molar-refractivity contribution in [2.75, 3.05) is 32.1 Å². The van der Waals surface area contributed by atoms with Crippen LogP contribution in [0, 0.1) is 0 Å². The summed E-state index contributed by atoms with van der Waals surface area (Å²) in [6.07, 6.45) is 2.60. The molecular weight excluding hydrogens is 502 g/mol. The van der Waals surface area contributed by atoms with Crippen molar-refractivity contribution < 1.29 is 34.1 Å². The Kier molecular flexibility index (Phi) is 10.8. The SMILES string of the molecule is COCC1CCCN1CC1CC(c2ccc(CO)cc2)OC(c2cccc(NC(=O)CCCC(=O)NO)c2)O1. The van der Waals surface area contributed by atoms with E-state index in [0.717, 1.165) is 42.6 Å². The Balaban J connectivity index is 1.47. The van der Waals surface area contributed by atoms with Crippen molar-refractivity contribution in [1.29, 1.82) is 0 Å². The molecule has 4 N–H and O–H groups in total. The second-order valence-electron chi connectivity index (χ2n) is 10.2. The fourth-order valence-electron chi connectivity index (χ4n) is 5.26. The largest absolute Gasteiger partial charge is 0.392 e. The molecule has 4 unspecified atom stereocenters. The van der Waals surface area contributed by atoms with Crippen molar-refractivity contribution >= 4 is 17.5 Å². The number of hydroxylamine groups is 1. The summed E-state index contributed by atoms with van der Waals surface area (Å²) in [5.74, 6) is -0.740. The number of aliphatic hydroxyl groups excluding tert-OH is 1. The van der Waals surface area contributed by atoms with E-state index in [1.165, 1.54) is 0 Å². The molecule has 0 bridgehead atoms. The molecule has 2 saturated heterocycles. The van der Waals surface area contributed by atoms with Crippen molar-refractivity contribution in [1.82, 2.24) is 10.4 Å². The molecule has 2 aromatic rings. The number of hydrogen-bond donors (Lipinski definition) is 4. The molecule has 2 fully saturated rings. The summed E-state index contributed by atoms with van der Waals surface area (Å²) in [6.45, 7) is 2.47. The van der Waals surface area contributed by atoms with Gasteiger partial charge in [0.2, 0.25) is 11.8 Å². The number of methoxy groups -OCH3 is 1. The smallest absolute Gasteiger partial charge is 0.243 e. The van der Waals surface area contributed by atoms with Crippen LogP contribution in [0.1, 0.15) is 67.6 Å². The van der Waals surface area contributed by atoms with Crippen LogP contribution in [0.25, 0.3) is 0 Å². The van der Waals surface area contributed by atoms with Crippen molar-refractivity contribution in [3.8, 4) is 0 Å². The number of nitrogens with zero attached hydrogens (tertiary/aromatic N) is 1. The minimum absolute atomic E-state index is 0.0108. The average molecular weight is 542 g/mol. The molecule has 2 aliphatic heterocycles. The molecule has 39 heavy (non-hydrogen) atoms. The number of likely N-dealkylation sites (tertiary alicyclic amines) is 1. The Morgan fingerprint density at radius 3 is 2.62 bits per heavy atom. The van der Waals surface area contributed by atoms with E-state index in [2.05, 4.69) is 10.2 Å². The van der Waals surface area contributed by atoms with Crippen LogP contribution in [-0.4, -0.2) is 66.0 Å². The maximum Gasteiger partial charge on any atom is 0.243 e. The normalized spacial score (nSPS) is 23.5. The number of carbonyl (C=O) groups is 2. The summed E-state index contributed by atoms with van der Waals surface area (Å²) in [4.78, 5) is 26.0. The molecule has 212 valence electrons. The van der Waals surface area contributed by atoms with Gasteiger partial charge in [0.25, 0.3) is 0 Å². The standard InChI is InChI=1S/C29H39N3O7/c1-37-19-24-7-4-14-32(24)17-25-16-26(21-12-10-20(18-33)11-13-21)39-29(38-25)22-5-2-6-23(15-22)30-27(34)8-3-9-28(35)31-36/h2,5-6,10-13,15,24-26,29,33,36H,3-4,7-9,14,16-19H2,1H3,(H,30,34)(H,31,35). The van der Waals surface area contributed by atoms with Gasteiger partial charge in [-0.15, -0.1) is 0 Å². The summed E-state index contributed by atoms with van der Waals surface area (Å²) in [5.41, 5.74) is 4.85. The summed E-state index contributed by atoms with van der Waals surface area (Å²) in [7, 11) is 1.74. The van der Waals surface area contributed by atoms with Gasteiger partial charge in [-0.25, -0.2) is 5.48 Å². The second-order valence-corrected chi connectivity index (χ2v) is 10.2. The number of amides is 2. The number of ether oxygens (including phenoxy) is 3. The van der Waals surface area contributed by atoms with Crippen LogP contribution in [0.4, 0.5) is 5.69 Å². The lowest BCUT2D eigenvalue weighted by atomic mass is 9.99. The van der Waals surface area contributed by atoms with Gasteiger partial charge in [-0.3, -0.25) is 19.7 Å². The quantitative estimate of drug-likeness (QED) is 0.238. The Labute approximate surface area is 229 Å². The zero-order valence-electron chi connectivity index (χ0n) is 22.4. The average Bonchev–Trinajstić information content (AvgIpc) is 3.39. The highest BCUT2D eigenvalue weighted by Crippen LogP contribution is 2.39. The van der Waals surface area contributed by atoms with Crippen LogP contribution >= 0.6 is 0 Å². The first-order valence-corrected chi connectivity index (χ1v) is 13.6. The molecule has 0 saturated carbocycles. The van der Waals surface area contributed by atoms with Gasteiger partial charge in [0, 0.05) is 50.2 Å². The van der Waals surface area contributed by atoms with E-state index in [0.29, 0.717) is 31.2 Å². The molecule has 0 aliphatic carbocycles. The van der Waals surface area contributed by atoms with E-state index >= 15 is 0 Å². The zero-order valence-corrected chi connectivity index (χ0v) is 22.4. The van der Waals surface area contributed by atoms with Gasteiger partial charge in [-0.2, -0.15) is 0 Å². The van der Waals surface area contributed by atoms with Gasteiger partial charge in [-0.1, -0.05) is 36.4 Å². The van der Waals surface area contributed by atoms with Gasteiger partial charge in [-0.05, 0) is 49.1 Å². The molecule has 4 rings (SSSR count). The van der Waals surface area contributed by atoms with E-state index in [4.69, 9.17) is 19.4 Å². The van der Waals surface area contributed by atoms with Gasteiger partial charge in [0.1, 0.15) is 0 Å². The van der Waals surface area contributed by atoms with Crippen molar-refractivity contribution in [3.05, 3.63) is 65.2 Å². The van der Waals surface area contributed by atoms with Gasteiger partial charge >= 0.3 is 0 Å². The maximum absolute atomic E-state index is 12.4. The molecule has 2 amide bonds. The van der Waals surface area contributed by atoms with Crippen molar-refractivity contribution in [2.24, 2.45) is 0 Å². The third-order valence-electron chi connectivity index (χ3n) is 7.29. The highest BCUT2D eigenvalue weighted by atomic mass is 16.7. The first kappa shape index (κ1) is 29.1. The number of carbonyl (C=O) groups excluding carboxylic acids is 2. The van der Waals surface area contributed by atoms with Crippen LogP contribution in [0.15, 0.2) is 48.5 Å². The lowest BCUT2D eigenvalue weighted by molar-refractivity contribution is -0.253. The lowest BCUT2D eigenvalue weighted by Crippen LogP contribution is -2.42. The molecule has 0 aromatic heterocycles. The topological polar surface area (TPSA) is 130 Å². The fourth-order valence-corrected chi connectivity index (χ4v) is 5.26. The number of nitrogens with one attached hydrogen (secondary N) is 2. The third-order valence-corrected chi connectivity index (χ3v) is 7.29. The molecule has 0 spiro atoms. The number of hydrogen-bond acceptors (Lipinski definition) is 8. The predicted molar refractivity (Wildman–Crippen MR) is 144 cm³/mol. The summed E-state index contributed by atoms with van der Waals surface area (Å²) in [6, 6.07) is 15.6. The number of aliphatic hydroxyl groups is 1. The van der Waals surface area contributed by atoms with Crippen LogP contribution in [-0.2, 0) is 30.4 Å². The van der Waals surface area contributed by atoms with Crippen molar-refractivity contribution in [2.45, 2.75) is 69.7 Å². The number of anilines is 1. The second kappa shape index (κ2) is 14.5. The molecule has 10 heteroatoms. The lowest BCUT2D eigenvalue weighted by Gasteiger charge is -2.39. The van der Waals surface area contributed by atoms with Crippen LogP contribution in [0.2, 0.25) is 0 Å². The summed E-state index contributed by atoms with van der Waals surface area (Å²) >= 11 is 0. The minimum atomic E-state index is -0.625. The molecule has 4 atom stereocenters. The Morgan fingerprint density at radius 2 is 1.87 bits per heavy atom. The fraction of sp³-hybridized carbons (Fsp3) is 0.517. The minimum Gasteiger partial charge on any atom is -0.392 e. The van der Waals surface area contributed by atoms with E-state index in [-0.39, 0.29) is 37.6 Å². The predicted octanol–water partition coefficient (Wildman–Crippen LogP) is 3.45. The van der Waals surface area contributed by atoms with E-state index in [1.54, 1.807) is 18.7 Å². The van der Waals surface area contributed by atoms with Crippen LogP contribution < -0.4 is 10.8 Å². The monoisotopic (exact) mass is 541 g/mol. The Bertz CT molecular complexity index is 1080. The van der Waals surface area contributed by atoms with Gasteiger partial charge in [0.05, 0.1) is 25.4 Å². The third kappa shape index (κ3) is 8.31. The first-order chi connectivity index (χ1) is 19.0. The molecule has 2 aromatic carbocycles. The van der Waals surface area contributed by atoms with E-state index < -0.39 is 12.2 Å². The summed E-state index contributed by atoms with van der Waals surface area (Å²) in [5, 5.41) is 20.9. The first-order valence-electron chi connectivity index (χ1n) is 13.6. The Morgan fingerprint density at radius 1 is 1.08 bits per heavy atom. The highest BCUT2D eigenvalue weighted by molar-refractivity contribution is 5.91. The summed E-state index contributed by atoms with van der Waals surface area (Å²) < 4.78 is 18.4. The highest BCUT2D eigenvalue weighted by Gasteiger charge is 2.35. The van der Waals surface area contributed by atoms with E-state index in [9.17, 15) is 14.7 Å². The van der Waals surface area contributed by atoms with Crippen molar-refractivity contribution in [3.63, 3.8) is 0 Å². The Hall–Kier alpha value is -2.86. The number of benzene rings is 2. The van der Waals surface area contributed by atoms with Gasteiger partial charge < -0.3 is 24.6 Å². The van der Waals surface area contributed by atoms with Gasteiger partial charge in [0.15, 0.2) is 6.29 Å². The van der Waals surface area contributed by atoms with Crippen LogP contribution in [0.5, 0.6) is 0 Å². The molecule has 10 nitrogen and oxygen atoms in total.